The van der Waals surface area contributed by atoms with Gasteiger partial charge in [-0.05, 0) is 38.5 Å². The molecule has 0 heterocycles. The van der Waals surface area contributed by atoms with Gasteiger partial charge in [-0.3, -0.25) is 0 Å². The van der Waals surface area contributed by atoms with E-state index in [9.17, 15) is 9.59 Å². The lowest BCUT2D eigenvalue weighted by Crippen LogP contribution is -2.31. The van der Waals surface area contributed by atoms with E-state index >= 15 is 0 Å². The van der Waals surface area contributed by atoms with Crippen LogP contribution in [0.2, 0.25) is 0 Å². The van der Waals surface area contributed by atoms with Gasteiger partial charge in [-0.25, -0.2) is 9.59 Å². The summed E-state index contributed by atoms with van der Waals surface area (Å²) in [5.41, 5.74) is 0. The number of carbonyl (C=O) groups is 2. The number of ether oxygens (including phenoxy) is 37. The Morgan fingerprint density at radius 2 is 0.352 bits per heavy atom. The minimum absolute atomic E-state index is 0.0199. The molecule has 1 aliphatic rings. The molecule has 1 atom stereocenters. The highest BCUT2D eigenvalue weighted by molar-refractivity contribution is 5.68. The maximum Gasteiger partial charge on any atom is 0.407 e. The van der Waals surface area contributed by atoms with Crippen LogP contribution in [0.4, 0.5) is 4.79 Å². The second-order valence-electron chi connectivity index (χ2n) is 26.2. The molecule has 0 aromatic carbocycles. The Hall–Kier alpha value is -2.96. The number of aliphatic carboxylic acids is 1. The summed E-state index contributed by atoms with van der Waals surface area (Å²) in [7, 11) is 0. The van der Waals surface area contributed by atoms with Crippen LogP contribution in [0.25, 0.3) is 0 Å². The molecule has 744 valence electrons. The summed E-state index contributed by atoms with van der Waals surface area (Å²) < 4.78 is 204. The number of alkyl carbamates (subject to hydrolysis) is 1. The fourth-order valence-corrected chi connectivity index (χ4v) is 9.66. The SMILES string of the molecule is O=C(O)COCCOCCOCCOCCOCCOCCOCCOCCOCCOCCOCCOCCOCCOCCOCCOCCOCCOCCOCCOCCOCCOCCOCCOCCOCCOCCCOCCOCCOCCOCCOCCOCCOCCOCCOCCOCCNC(=O)OC1CC/C=C/CCC1. The molecule has 0 fully saturated rings. The van der Waals surface area contributed by atoms with Crippen LogP contribution in [0.3, 0.4) is 0 Å². The van der Waals surface area contributed by atoms with E-state index in [1.807, 2.05) is 0 Å². The fraction of sp³-hybridized carbons (Fsp3) is 0.952. The molecule has 41 heteroatoms. The van der Waals surface area contributed by atoms with Gasteiger partial charge in [0.15, 0.2) is 0 Å². The topological polar surface area (TPSA) is 408 Å². The second-order valence-corrected chi connectivity index (χ2v) is 26.2. The molecule has 0 saturated carbocycles. The van der Waals surface area contributed by atoms with Crippen molar-refractivity contribution in [2.45, 2.75) is 44.6 Å². The van der Waals surface area contributed by atoms with Crippen LogP contribution in [0, 0.1) is 0 Å². The molecule has 1 unspecified atom stereocenters. The first-order valence-electron chi connectivity index (χ1n) is 44.8. The largest absolute Gasteiger partial charge is 0.480 e. The molecule has 125 heavy (non-hydrogen) atoms. The van der Waals surface area contributed by atoms with Gasteiger partial charge in [0.05, 0.1) is 456 Å². The summed E-state index contributed by atoms with van der Waals surface area (Å²) in [6.45, 7) is 33.4. The molecule has 0 aromatic rings. The van der Waals surface area contributed by atoms with E-state index < -0.39 is 5.97 Å². The summed E-state index contributed by atoms with van der Waals surface area (Å²) in [6, 6.07) is 0. The number of carbonyl (C=O) groups excluding carboxylic acids is 1. The lowest BCUT2D eigenvalue weighted by molar-refractivity contribution is -0.142. The number of rotatable bonds is 112. The smallest absolute Gasteiger partial charge is 0.407 e. The van der Waals surface area contributed by atoms with Crippen LogP contribution in [0.1, 0.15) is 38.5 Å². The molecule has 41 nitrogen and oxygen atoms in total. The van der Waals surface area contributed by atoms with Crippen molar-refractivity contribution in [3.8, 4) is 0 Å². The van der Waals surface area contributed by atoms with E-state index in [0.29, 0.717) is 469 Å². The third-order valence-electron chi connectivity index (χ3n) is 16.0. The molecular formula is C84H163NO40. The van der Waals surface area contributed by atoms with E-state index in [4.69, 9.17) is 180 Å². The Morgan fingerprint density at radius 1 is 0.200 bits per heavy atom. The lowest BCUT2D eigenvalue weighted by Gasteiger charge is -2.18. The molecular weight excluding hydrogens is 1660 g/mol. The van der Waals surface area contributed by atoms with Crippen molar-refractivity contribution >= 4 is 12.1 Å². The monoisotopic (exact) mass is 1830 g/mol. The summed E-state index contributed by atoms with van der Waals surface area (Å²) in [5, 5.41) is 11.2. The zero-order chi connectivity index (χ0) is 88.9. The predicted molar refractivity (Wildman–Crippen MR) is 452 cm³/mol. The Labute approximate surface area is 743 Å². The average Bonchev–Trinajstić information content (AvgIpc) is 0.950. The Kier molecular flexibility index (Phi) is 107. The van der Waals surface area contributed by atoms with E-state index in [2.05, 4.69) is 17.5 Å². The summed E-state index contributed by atoms with van der Waals surface area (Å²) >= 11 is 0. The van der Waals surface area contributed by atoms with Gasteiger partial charge < -0.3 is 186 Å². The van der Waals surface area contributed by atoms with Gasteiger partial charge in [0.1, 0.15) is 12.7 Å². The zero-order valence-electron chi connectivity index (χ0n) is 75.5. The van der Waals surface area contributed by atoms with Crippen molar-refractivity contribution in [3.05, 3.63) is 12.2 Å². The van der Waals surface area contributed by atoms with Crippen LogP contribution in [0.15, 0.2) is 12.2 Å². The van der Waals surface area contributed by atoms with E-state index in [-0.39, 0.29) is 25.4 Å². The highest BCUT2D eigenvalue weighted by Crippen LogP contribution is 2.15. The molecule has 0 aliphatic heterocycles. The van der Waals surface area contributed by atoms with Gasteiger partial charge >= 0.3 is 12.1 Å². The number of allylic oxidation sites excluding steroid dienone is 2. The van der Waals surface area contributed by atoms with Gasteiger partial charge in [-0.2, -0.15) is 0 Å². The maximum atomic E-state index is 12.0. The normalized spacial score (nSPS) is 13.4. The predicted octanol–water partition coefficient (Wildman–Crippen LogP) is 2.67. The van der Waals surface area contributed by atoms with Gasteiger partial charge in [-0.1, -0.05) is 12.2 Å². The molecule has 1 aliphatic carbocycles. The molecule has 0 spiro atoms. The van der Waals surface area contributed by atoms with Crippen molar-refractivity contribution < 1.29 is 190 Å². The quantitative estimate of drug-likeness (QED) is 0.0653. The Bertz CT molecular complexity index is 2010. The summed E-state index contributed by atoms with van der Waals surface area (Å²) in [5.74, 6) is -1.00. The molecule has 2 N–H and O–H groups in total. The number of carboxylic acid groups (broad SMARTS) is 1. The fourth-order valence-electron chi connectivity index (χ4n) is 9.66. The Balaban J connectivity index is 1.58. The van der Waals surface area contributed by atoms with Crippen LogP contribution in [-0.2, 0) is 180 Å². The highest BCUT2D eigenvalue weighted by atomic mass is 16.6. The van der Waals surface area contributed by atoms with Gasteiger partial charge in [0, 0.05) is 19.8 Å². The first-order valence-corrected chi connectivity index (χ1v) is 44.8. The second kappa shape index (κ2) is 112. The van der Waals surface area contributed by atoms with Crippen molar-refractivity contribution in [1.29, 1.82) is 0 Å². The average molecular weight is 1830 g/mol. The number of hydrogen-bond donors (Lipinski definition) is 2. The lowest BCUT2D eigenvalue weighted by atomic mass is 10.0. The molecule has 0 aromatic heterocycles. The Morgan fingerprint density at radius 3 is 0.528 bits per heavy atom. The first kappa shape index (κ1) is 120. The van der Waals surface area contributed by atoms with E-state index in [1.165, 1.54) is 0 Å². The standard InChI is InChI=1S/C84H163NO40/c86-83(87)81-124-80-79-123-78-77-122-76-75-121-74-73-120-72-71-119-70-69-118-68-67-117-66-65-116-64-63-115-62-61-114-60-59-113-58-57-112-56-55-111-54-53-110-52-51-109-50-49-108-48-47-107-46-45-106-44-43-105-42-41-104-40-38-102-35-32-99-29-26-96-23-20-93-17-14-90-11-6-10-89-13-16-92-19-22-95-25-28-98-31-34-101-37-39-103-36-33-100-30-27-97-24-21-94-18-15-91-12-9-85-84(88)125-82-7-4-2-1-3-5-8-82/h1-2,82H,3-81H2,(H,85,88)(H,86,87)/b2-1+. The van der Waals surface area contributed by atoms with Crippen LogP contribution >= 0.6 is 0 Å². The van der Waals surface area contributed by atoms with Crippen molar-refractivity contribution in [2.75, 3.05) is 482 Å². The summed E-state index contributed by atoms with van der Waals surface area (Å²) in [4.78, 5) is 22.3. The number of nitrogens with one attached hydrogen (secondary N) is 1. The summed E-state index contributed by atoms with van der Waals surface area (Å²) in [6.07, 6.45) is 9.53. The minimum Gasteiger partial charge on any atom is -0.480 e. The van der Waals surface area contributed by atoms with Gasteiger partial charge in [-0.15, -0.1) is 0 Å². The number of amides is 1. The van der Waals surface area contributed by atoms with Gasteiger partial charge in [0.2, 0.25) is 0 Å². The number of carboxylic acids is 1. The number of hydrogen-bond acceptors (Lipinski definition) is 39. The maximum absolute atomic E-state index is 12.0. The van der Waals surface area contributed by atoms with E-state index in [1.54, 1.807) is 0 Å². The molecule has 0 radical (unpaired) electrons. The molecule has 1 rings (SSSR count). The third kappa shape index (κ3) is 110. The van der Waals surface area contributed by atoms with Gasteiger partial charge in [0.25, 0.3) is 0 Å². The van der Waals surface area contributed by atoms with Crippen molar-refractivity contribution in [3.63, 3.8) is 0 Å². The highest BCUT2D eigenvalue weighted by Gasteiger charge is 2.15. The van der Waals surface area contributed by atoms with E-state index in [0.717, 1.165) is 38.5 Å². The van der Waals surface area contributed by atoms with Crippen LogP contribution in [0.5, 0.6) is 0 Å². The van der Waals surface area contributed by atoms with Crippen molar-refractivity contribution in [1.82, 2.24) is 5.32 Å². The molecule has 0 bridgehead atoms. The zero-order valence-corrected chi connectivity index (χ0v) is 75.5. The third-order valence-corrected chi connectivity index (χ3v) is 16.0. The van der Waals surface area contributed by atoms with Crippen molar-refractivity contribution in [2.24, 2.45) is 0 Å². The minimum atomic E-state index is -1.00. The molecule has 1 amide bonds. The van der Waals surface area contributed by atoms with Crippen LogP contribution in [-0.4, -0.2) is 506 Å². The molecule has 0 saturated heterocycles. The van der Waals surface area contributed by atoms with Crippen LogP contribution < -0.4 is 5.32 Å². The first-order chi connectivity index (χ1) is 62.2.